The molecule has 1 atom stereocenters. The van der Waals surface area contributed by atoms with Crippen LogP contribution in [0.25, 0.3) is 0 Å². The maximum absolute atomic E-state index is 13.4. The molecular weight excluding hydrogens is 259 g/mol. The number of halogens is 2. The highest BCUT2D eigenvalue weighted by Crippen LogP contribution is 2.26. The smallest absolute Gasteiger partial charge is 0.126 e. The molecule has 0 saturated heterocycles. The summed E-state index contributed by atoms with van der Waals surface area (Å²) >= 11 is 3.29. The van der Waals surface area contributed by atoms with Crippen molar-refractivity contribution >= 4 is 15.9 Å². The van der Waals surface area contributed by atoms with Crippen molar-refractivity contribution in [1.29, 1.82) is 0 Å². The van der Waals surface area contributed by atoms with Gasteiger partial charge < -0.3 is 5.11 Å². The van der Waals surface area contributed by atoms with Gasteiger partial charge in [0.15, 0.2) is 0 Å². The Morgan fingerprint density at radius 2 is 2.27 bits per heavy atom. The van der Waals surface area contributed by atoms with Gasteiger partial charge in [-0.2, -0.15) is 0 Å². The van der Waals surface area contributed by atoms with Crippen LogP contribution in [0.2, 0.25) is 0 Å². The summed E-state index contributed by atoms with van der Waals surface area (Å²) in [6.07, 6.45) is 2.10. The van der Waals surface area contributed by atoms with Gasteiger partial charge in [0.05, 0.1) is 6.61 Å². The van der Waals surface area contributed by atoms with E-state index >= 15 is 0 Å². The third-order valence-corrected chi connectivity index (χ3v) is 2.95. The van der Waals surface area contributed by atoms with Gasteiger partial charge in [-0.05, 0) is 30.2 Å². The predicted octanol–water partition coefficient (Wildman–Crippen LogP) is 3.32. The third-order valence-electron chi connectivity index (χ3n) is 2.46. The van der Waals surface area contributed by atoms with Gasteiger partial charge in [0, 0.05) is 9.89 Å². The van der Waals surface area contributed by atoms with E-state index in [9.17, 15) is 9.50 Å². The van der Waals surface area contributed by atoms with Gasteiger partial charge >= 0.3 is 0 Å². The van der Waals surface area contributed by atoms with Crippen LogP contribution in [0.5, 0.6) is 0 Å². The number of aliphatic hydroxyl groups excluding tert-OH is 1. The highest BCUT2D eigenvalue weighted by atomic mass is 79.9. The van der Waals surface area contributed by atoms with Crippen molar-refractivity contribution in [3.63, 3.8) is 0 Å². The molecule has 1 aromatic carbocycles. The Balaban J connectivity index is 2.97. The molecule has 0 saturated carbocycles. The van der Waals surface area contributed by atoms with Gasteiger partial charge in [-0.15, -0.1) is 6.58 Å². The SMILES string of the molecule is C=CC(C)(CO)Cc1cc(Br)ccc1F. The van der Waals surface area contributed by atoms with Crippen molar-refractivity contribution in [3.8, 4) is 0 Å². The summed E-state index contributed by atoms with van der Waals surface area (Å²) in [5.74, 6) is -0.250. The average Bonchev–Trinajstić information content (AvgIpc) is 2.23. The maximum Gasteiger partial charge on any atom is 0.126 e. The zero-order valence-electron chi connectivity index (χ0n) is 8.63. The van der Waals surface area contributed by atoms with Crippen LogP contribution in [0.15, 0.2) is 35.3 Å². The zero-order chi connectivity index (χ0) is 11.5. The fourth-order valence-electron chi connectivity index (χ4n) is 1.31. The predicted molar refractivity (Wildman–Crippen MR) is 63.2 cm³/mol. The molecule has 0 aliphatic carbocycles. The molecule has 0 fully saturated rings. The first-order valence-corrected chi connectivity index (χ1v) is 5.48. The van der Waals surface area contributed by atoms with Crippen molar-refractivity contribution in [2.75, 3.05) is 6.61 Å². The Labute approximate surface area is 97.8 Å². The molecule has 0 radical (unpaired) electrons. The van der Waals surface area contributed by atoms with Crippen LogP contribution in [0.4, 0.5) is 4.39 Å². The molecule has 0 heterocycles. The molecule has 1 rings (SSSR count). The van der Waals surface area contributed by atoms with Crippen LogP contribution in [0.1, 0.15) is 12.5 Å². The van der Waals surface area contributed by atoms with Gasteiger partial charge in [0.2, 0.25) is 0 Å². The Morgan fingerprint density at radius 1 is 1.60 bits per heavy atom. The number of hydrogen-bond acceptors (Lipinski definition) is 1. The van der Waals surface area contributed by atoms with E-state index in [-0.39, 0.29) is 12.4 Å². The fourth-order valence-corrected chi connectivity index (χ4v) is 1.71. The van der Waals surface area contributed by atoms with Crippen molar-refractivity contribution < 1.29 is 9.50 Å². The summed E-state index contributed by atoms with van der Waals surface area (Å²) in [6, 6.07) is 4.80. The van der Waals surface area contributed by atoms with Gasteiger partial charge in [-0.25, -0.2) is 4.39 Å². The minimum atomic E-state index is -0.471. The molecule has 15 heavy (non-hydrogen) atoms. The Hall–Kier alpha value is -0.670. The molecule has 1 unspecified atom stereocenters. The summed E-state index contributed by atoms with van der Waals surface area (Å²) in [7, 11) is 0. The molecule has 0 bridgehead atoms. The second kappa shape index (κ2) is 4.90. The van der Waals surface area contributed by atoms with Gasteiger partial charge in [0.1, 0.15) is 5.82 Å². The number of benzene rings is 1. The molecule has 0 spiro atoms. The lowest BCUT2D eigenvalue weighted by Crippen LogP contribution is -2.21. The fraction of sp³-hybridized carbons (Fsp3) is 0.333. The summed E-state index contributed by atoms with van der Waals surface area (Å²) in [4.78, 5) is 0. The van der Waals surface area contributed by atoms with Crippen molar-refractivity contribution in [1.82, 2.24) is 0 Å². The van der Waals surface area contributed by atoms with E-state index in [1.807, 2.05) is 6.92 Å². The standard InChI is InChI=1S/C12H14BrFO/c1-3-12(2,8-15)7-9-6-10(13)4-5-11(9)14/h3-6,15H,1,7-8H2,2H3. The lowest BCUT2D eigenvalue weighted by molar-refractivity contribution is 0.183. The van der Waals surface area contributed by atoms with Crippen LogP contribution in [0, 0.1) is 11.2 Å². The normalized spacial score (nSPS) is 14.7. The molecule has 82 valence electrons. The largest absolute Gasteiger partial charge is 0.395 e. The second-order valence-corrected chi connectivity index (χ2v) is 4.84. The van der Waals surface area contributed by atoms with Gasteiger partial charge in [-0.3, -0.25) is 0 Å². The van der Waals surface area contributed by atoms with E-state index in [2.05, 4.69) is 22.5 Å². The van der Waals surface area contributed by atoms with Crippen LogP contribution >= 0.6 is 15.9 Å². The first-order chi connectivity index (χ1) is 7.00. The van der Waals surface area contributed by atoms with Crippen LogP contribution in [-0.2, 0) is 6.42 Å². The summed E-state index contributed by atoms with van der Waals surface area (Å²) in [5, 5.41) is 9.20. The van der Waals surface area contributed by atoms with Crippen LogP contribution < -0.4 is 0 Å². The van der Waals surface area contributed by atoms with Crippen molar-refractivity contribution in [2.24, 2.45) is 5.41 Å². The molecule has 0 aliphatic heterocycles. The number of rotatable bonds is 4. The van der Waals surface area contributed by atoms with Gasteiger partial charge in [-0.1, -0.05) is 28.9 Å². The van der Waals surface area contributed by atoms with E-state index in [0.29, 0.717) is 12.0 Å². The van der Waals surface area contributed by atoms with E-state index in [4.69, 9.17) is 0 Å². The second-order valence-electron chi connectivity index (χ2n) is 3.93. The van der Waals surface area contributed by atoms with Crippen molar-refractivity contribution in [2.45, 2.75) is 13.3 Å². The highest BCUT2D eigenvalue weighted by Gasteiger charge is 2.21. The topological polar surface area (TPSA) is 20.2 Å². The van der Waals surface area contributed by atoms with E-state index < -0.39 is 5.41 Å². The van der Waals surface area contributed by atoms with E-state index in [1.54, 1.807) is 18.2 Å². The molecule has 0 amide bonds. The molecule has 1 N–H and O–H groups in total. The molecule has 1 nitrogen and oxygen atoms in total. The number of hydrogen-bond donors (Lipinski definition) is 1. The summed E-state index contributed by atoms with van der Waals surface area (Å²) in [5.41, 5.74) is 0.113. The summed E-state index contributed by atoms with van der Waals surface area (Å²) in [6.45, 7) is 5.47. The lowest BCUT2D eigenvalue weighted by atomic mass is 9.84. The zero-order valence-corrected chi connectivity index (χ0v) is 10.2. The van der Waals surface area contributed by atoms with Crippen LogP contribution in [-0.4, -0.2) is 11.7 Å². The maximum atomic E-state index is 13.4. The Bertz CT molecular complexity index is 365. The Morgan fingerprint density at radius 3 is 2.80 bits per heavy atom. The van der Waals surface area contributed by atoms with Gasteiger partial charge in [0.25, 0.3) is 0 Å². The minimum absolute atomic E-state index is 0.0392. The molecule has 0 aliphatic rings. The quantitative estimate of drug-likeness (QED) is 0.834. The third kappa shape index (κ3) is 3.14. The Kier molecular flexibility index (Phi) is 4.05. The number of aliphatic hydroxyl groups is 1. The average molecular weight is 273 g/mol. The minimum Gasteiger partial charge on any atom is -0.395 e. The van der Waals surface area contributed by atoms with Crippen molar-refractivity contribution in [3.05, 3.63) is 46.7 Å². The molecule has 3 heteroatoms. The van der Waals surface area contributed by atoms with E-state index in [1.165, 1.54) is 6.07 Å². The highest BCUT2D eigenvalue weighted by molar-refractivity contribution is 9.10. The van der Waals surface area contributed by atoms with Crippen LogP contribution in [0.3, 0.4) is 0 Å². The first-order valence-electron chi connectivity index (χ1n) is 4.69. The summed E-state index contributed by atoms with van der Waals surface area (Å²) < 4.78 is 14.3. The van der Waals surface area contributed by atoms with E-state index in [0.717, 1.165) is 4.47 Å². The molecule has 1 aromatic rings. The molecule has 0 aromatic heterocycles. The lowest BCUT2D eigenvalue weighted by Gasteiger charge is -2.23. The first kappa shape index (κ1) is 12.4. The molecular formula is C12H14BrFO. The monoisotopic (exact) mass is 272 g/mol.